The molecule has 35 heavy (non-hydrogen) atoms. The van der Waals surface area contributed by atoms with Gasteiger partial charge in [0.25, 0.3) is 5.56 Å². The van der Waals surface area contributed by atoms with Gasteiger partial charge < -0.3 is 4.98 Å². The van der Waals surface area contributed by atoms with Crippen LogP contribution in [0.3, 0.4) is 0 Å². The van der Waals surface area contributed by atoms with Crippen LogP contribution in [-0.2, 0) is 0 Å². The Balaban J connectivity index is 1.37. The largest absolute Gasteiger partial charge is 0.325 e. The van der Waals surface area contributed by atoms with Crippen molar-refractivity contribution < 1.29 is 8.78 Å². The summed E-state index contributed by atoms with van der Waals surface area (Å²) in [5.74, 6) is -0.584. The molecule has 1 aromatic carbocycles. The third-order valence-electron chi connectivity index (χ3n) is 6.02. The molecule has 10 heteroatoms. The molecule has 1 aliphatic carbocycles. The normalized spacial score (nSPS) is 17.4. The van der Waals surface area contributed by atoms with E-state index in [4.69, 9.17) is 0 Å². The molecule has 0 aliphatic heterocycles. The first-order valence-electron chi connectivity index (χ1n) is 10.8. The number of halogens is 2. The van der Waals surface area contributed by atoms with Gasteiger partial charge in [-0.25, -0.2) is 23.2 Å². The van der Waals surface area contributed by atoms with Gasteiger partial charge in [-0.05, 0) is 54.7 Å². The summed E-state index contributed by atoms with van der Waals surface area (Å²) in [5, 5.41) is 4.46. The standard InChI is InChI=1S/C25H20F2N6O2/c1-13(23-29-7-8-33(23)32-14(2)20-12-30-25(35)31-24(20)34)18-11-19(18)22-9-15(5-6-28-22)17-4-3-16(26)10-21(17)27/h3-10,12,18-19H,1,11H2,2H3,(H2,30,31,34,35)/b32-14+/t18-,19+/m1/s1. The first kappa shape index (κ1) is 22.3. The summed E-state index contributed by atoms with van der Waals surface area (Å²) < 4.78 is 29.1. The van der Waals surface area contributed by atoms with Crippen LogP contribution >= 0.6 is 0 Å². The van der Waals surface area contributed by atoms with Crippen LogP contribution in [0.1, 0.15) is 36.3 Å². The number of hydrogen-bond donors (Lipinski definition) is 2. The monoisotopic (exact) mass is 474 g/mol. The summed E-state index contributed by atoms with van der Waals surface area (Å²) in [6.45, 7) is 5.86. The van der Waals surface area contributed by atoms with Gasteiger partial charge in [-0.3, -0.25) is 14.8 Å². The van der Waals surface area contributed by atoms with E-state index in [0.717, 1.165) is 23.8 Å². The molecule has 3 heterocycles. The highest BCUT2D eigenvalue weighted by molar-refractivity contribution is 5.98. The molecule has 8 nitrogen and oxygen atoms in total. The second kappa shape index (κ2) is 8.71. The fourth-order valence-corrected chi connectivity index (χ4v) is 4.12. The van der Waals surface area contributed by atoms with Crippen LogP contribution in [0.15, 0.2) is 76.4 Å². The number of benzene rings is 1. The Hall–Kier alpha value is -4.47. The highest BCUT2D eigenvalue weighted by Crippen LogP contribution is 2.53. The molecule has 176 valence electrons. The average molecular weight is 474 g/mol. The maximum absolute atomic E-state index is 14.3. The van der Waals surface area contributed by atoms with E-state index in [1.54, 1.807) is 31.6 Å². The number of rotatable bonds is 6. The minimum Gasteiger partial charge on any atom is -0.313 e. The molecule has 0 amide bonds. The SMILES string of the molecule is C=C(c1nccn1/N=C(\C)c1c[nH]c(=O)[nH]c1=O)[C@H]1C[C@@H]1c1cc(-c2ccc(F)cc2F)ccn1. The molecule has 2 N–H and O–H groups in total. The van der Waals surface area contributed by atoms with E-state index in [1.807, 2.05) is 6.07 Å². The molecule has 1 fully saturated rings. The zero-order chi connectivity index (χ0) is 24.7. The lowest BCUT2D eigenvalue weighted by Gasteiger charge is -2.08. The van der Waals surface area contributed by atoms with Crippen LogP contribution in [0.5, 0.6) is 0 Å². The van der Waals surface area contributed by atoms with Gasteiger partial charge in [0.15, 0.2) is 5.82 Å². The smallest absolute Gasteiger partial charge is 0.313 e. The van der Waals surface area contributed by atoms with Crippen molar-refractivity contribution in [3.63, 3.8) is 0 Å². The van der Waals surface area contributed by atoms with E-state index in [-0.39, 0.29) is 17.4 Å². The number of imidazole rings is 1. The molecule has 1 saturated carbocycles. The second-order valence-electron chi connectivity index (χ2n) is 8.33. The van der Waals surface area contributed by atoms with Crippen LogP contribution in [0, 0.1) is 17.6 Å². The summed E-state index contributed by atoms with van der Waals surface area (Å²) in [6, 6.07) is 7.00. The highest BCUT2D eigenvalue weighted by Gasteiger charge is 2.43. The zero-order valence-electron chi connectivity index (χ0n) is 18.6. The van der Waals surface area contributed by atoms with Crippen molar-refractivity contribution in [3.8, 4) is 11.1 Å². The summed E-state index contributed by atoms with van der Waals surface area (Å²) in [7, 11) is 0. The summed E-state index contributed by atoms with van der Waals surface area (Å²) in [4.78, 5) is 36.8. The zero-order valence-corrected chi connectivity index (χ0v) is 18.6. The van der Waals surface area contributed by atoms with Crippen molar-refractivity contribution in [3.05, 3.63) is 111 Å². The fourth-order valence-electron chi connectivity index (χ4n) is 4.12. The van der Waals surface area contributed by atoms with Gasteiger partial charge >= 0.3 is 5.69 Å². The van der Waals surface area contributed by atoms with E-state index < -0.39 is 22.9 Å². The Kier molecular flexibility index (Phi) is 5.56. The van der Waals surface area contributed by atoms with E-state index in [2.05, 4.69) is 31.6 Å². The van der Waals surface area contributed by atoms with Crippen molar-refractivity contribution >= 4 is 11.3 Å². The van der Waals surface area contributed by atoms with E-state index >= 15 is 0 Å². The number of hydrogen-bond acceptors (Lipinski definition) is 5. The van der Waals surface area contributed by atoms with E-state index in [0.29, 0.717) is 22.7 Å². The molecule has 0 unspecified atom stereocenters. The Morgan fingerprint density at radius 2 is 2.00 bits per heavy atom. The van der Waals surface area contributed by atoms with Gasteiger partial charge in [0.1, 0.15) is 11.6 Å². The van der Waals surface area contributed by atoms with E-state index in [1.165, 1.54) is 23.0 Å². The van der Waals surface area contributed by atoms with Crippen molar-refractivity contribution in [1.82, 2.24) is 24.6 Å². The number of nitrogens with zero attached hydrogens (tertiary/aromatic N) is 4. The Bertz CT molecular complexity index is 1600. The van der Waals surface area contributed by atoms with Gasteiger partial charge in [0, 0.05) is 48.0 Å². The van der Waals surface area contributed by atoms with Crippen LogP contribution in [0.25, 0.3) is 16.7 Å². The molecule has 0 bridgehead atoms. The molecular weight excluding hydrogens is 454 g/mol. The first-order chi connectivity index (χ1) is 16.8. The average Bonchev–Trinajstić information content (AvgIpc) is 3.50. The van der Waals surface area contributed by atoms with Crippen LogP contribution in [0.4, 0.5) is 8.78 Å². The van der Waals surface area contributed by atoms with Crippen molar-refractivity contribution in [2.45, 2.75) is 19.3 Å². The van der Waals surface area contributed by atoms with Gasteiger partial charge in [-0.15, -0.1) is 0 Å². The van der Waals surface area contributed by atoms with Crippen LogP contribution in [-0.4, -0.2) is 30.3 Å². The Morgan fingerprint density at radius 1 is 1.17 bits per heavy atom. The first-order valence-corrected chi connectivity index (χ1v) is 10.8. The van der Waals surface area contributed by atoms with Crippen molar-refractivity contribution in [1.29, 1.82) is 0 Å². The molecule has 4 aromatic rings. The number of pyridine rings is 1. The van der Waals surface area contributed by atoms with Gasteiger partial charge in [-0.1, -0.05) is 6.58 Å². The number of nitrogens with one attached hydrogen (secondary N) is 2. The second-order valence-corrected chi connectivity index (χ2v) is 8.33. The third-order valence-corrected chi connectivity index (χ3v) is 6.02. The Labute approximate surface area is 197 Å². The Morgan fingerprint density at radius 3 is 2.77 bits per heavy atom. The lowest BCUT2D eigenvalue weighted by molar-refractivity contribution is 0.585. The number of aromatic amines is 2. The number of aromatic nitrogens is 5. The molecule has 0 saturated heterocycles. The number of allylic oxidation sites excluding steroid dienone is 1. The fraction of sp³-hybridized carbons (Fsp3) is 0.160. The van der Waals surface area contributed by atoms with Crippen LogP contribution in [0.2, 0.25) is 0 Å². The molecule has 0 spiro atoms. The van der Waals surface area contributed by atoms with Gasteiger partial charge in [-0.2, -0.15) is 5.10 Å². The highest BCUT2D eigenvalue weighted by atomic mass is 19.1. The molecule has 3 aromatic heterocycles. The molecule has 2 atom stereocenters. The minimum absolute atomic E-state index is 0.0592. The van der Waals surface area contributed by atoms with Gasteiger partial charge in [0.05, 0.1) is 11.3 Å². The van der Waals surface area contributed by atoms with Crippen molar-refractivity contribution in [2.24, 2.45) is 11.0 Å². The maximum Gasteiger partial charge on any atom is 0.325 e. The topological polar surface area (TPSA) is 109 Å². The summed E-state index contributed by atoms with van der Waals surface area (Å²) >= 11 is 0. The lowest BCUT2D eigenvalue weighted by atomic mass is 10.0. The predicted molar refractivity (Wildman–Crippen MR) is 127 cm³/mol. The molecule has 0 radical (unpaired) electrons. The third kappa shape index (κ3) is 4.37. The van der Waals surface area contributed by atoms with E-state index in [9.17, 15) is 18.4 Å². The minimum atomic E-state index is -0.629. The molecular formula is C25H20F2N6O2. The molecule has 1 aliphatic rings. The summed E-state index contributed by atoms with van der Waals surface area (Å²) in [5.41, 5.74) is 1.96. The predicted octanol–water partition coefficient (Wildman–Crippen LogP) is 3.69. The van der Waals surface area contributed by atoms with Crippen molar-refractivity contribution in [2.75, 3.05) is 0 Å². The maximum atomic E-state index is 14.3. The van der Waals surface area contributed by atoms with Gasteiger partial charge in [0.2, 0.25) is 0 Å². The lowest BCUT2D eigenvalue weighted by Crippen LogP contribution is -2.26. The van der Waals surface area contributed by atoms with Crippen LogP contribution < -0.4 is 11.2 Å². The molecule has 5 rings (SSSR count). The summed E-state index contributed by atoms with van der Waals surface area (Å²) in [6.07, 6.45) is 6.95. The number of H-pyrrole nitrogens is 2. The quantitative estimate of drug-likeness (QED) is 0.416.